The van der Waals surface area contributed by atoms with Gasteiger partial charge in [-0.05, 0) is 25.7 Å². The second kappa shape index (κ2) is 9.47. The van der Waals surface area contributed by atoms with E-state index in [9.17, 15) is 17.3 Å². The molecule has 0 amide bonds. The van der Waals surface area contributed by atoms with Crippen LogP contribution in [0.1, 0.15) is 27.1 Å². The van der Waals surface area contributed by atoms with Crippen LogP contribution in [-0.2, 0) is 20.1 Å². The normalized spacial score (nSPS) is 15.7. The van der Waals surface area contributed by atoms with Crippen LogP contribution >= 0.6 is 0 Å². The van der Waals surface area contributed by atoms with Crippen LogP contribution in [-0.4, -0.2) is 7.25 Å². The summed E-state index contributed by atoms with van der Waals surface area (Å²) >= 11 is 0. The zero-order valence-electron chi connectivity index (χ0n) is 8.56. The Bertz CT molecular complexity index is 162. The van der Waals surface area contributed by atoms with Gasteiger partial charge in [-0.25, -0.2) is 0 Å². The van der Waals surface area contributed by atoms with Crippen LogP contribution < -0.4 is 0 Å². The number of allylic oxidation sites excluding steroid dienone is 4. The van der Waals surface area contributed by atoms with E-state index in [1.54, 1.807) is 0 Å². The van der Waals surface area contributed by atoms with Crippen molar-refractivity contribution in [1.82, 2.24) is 0 Å². The van der Waals surface area contributed by atoms with Gasteiger partial charge in [-0.15, -0.1) is 0 Å². The molecule has 0 aliphatic heterocycles. The molecule has 0 N–H and O–H groups in total. The molecule has 0 spiro atoms. The van der Waals surface area contributed by atoms with E-state index in [1.807, 2.05) is 0 Å². The molecule has 0 saturated carbocycles. The molecule has 14 heavy (non-hydrogen) atoms. The van der Waals surface area contributed by atoms with E-state index in [4.69, 9.17) is 0 Å². The van der Waals surface area contributed by atoms with Crippen molar-refractivity contribution in [3.63, 3.8) is 0 Å². The fourth-order valence-electron chi connectivity index (χ4n) is 0.874. The van der Waals surface area contributed by atoms with Crippen molar-refractivity contribution in [2.24, 2.45) is 0 Å². The number of hydrogen-bond donors (Lipinski definition) is 0. The molecule has 1 rings (SSSR count). The summed E-state index contributed by atoms with van der Waals surface area (Å²) < 4.78 is 39.0. The molecule has 0 saturated heterocycles. The molecule has 0 fully saturated rings. The van der Waals surface area contributed by atoms with Crippen LogP contribution in [0.25, 0.3) is 0 Å². The zero-order chi connectivity index (χ0) is 10.2. The standard InChI is InChI=1S/C8H12.BF4.Ir/c1-2-4-6-8-7-5-3-1;2-1(3,4)5;/h1-4H,5-8H2;;/q;-1;/p+1. The van der Waals surface area contributed by atoms with Crippen molar-refractivity contribution in [1.29, 1.82) is 0 Å². The maximum atomic E-state index is 9.75. The molecule has 0 aromatic carbocycles. The summed E-state index contributed by atoms with van der Waals surface area (Å²) in [5.41, 5.74) is 0. The molecule has 0 heterocycles. The molecule has 0 nitrogen and oxygen atoms in total. The fraction of sp³-hybridized carbons (Fsp3) is 0.500. The minimum atomic E-state index is -6.00. The summed E-state index contributed by atoms with van der Waals surface area (Å²) in [6.07, 6.45) is 14.0. The molecule has 0 aromatic rings. The summed E-state index contributed by atoms with van der Waals surface area (Å²) in [5, 5.41) is 0. The van der Waals surface area contributed by atoms with Gasteiger partial charge in [-0.1, -0.05) is 24.3 Å². The number of hydrogen-bond acceptors (Lipinski definition) is 0. The van der Waals surface area contributed by atoms with Crippen LogP contribution in [0.15, 0.2) is 24.3 Å². The first kappa shape index (κ1) is 16.3. The summed E-state index contributed by atoms with van der Waals surface area (Å²) in [6, 6.07) is 0. The van der Waals surface area contributed by atoms with Gasteiger partial charge < -0.3 is 17.3 Å². The maximum Gasteiger partial charge on any atom is 1.00 e. The Hall–Kier alpha value is -0.0857. The van der Waals surface area contributed by atoms with Crippen LogP contribution in [0.5, 0.6) is 0 Å². The van der Waals surface area contributed by atoms with Crippen molar-refractivity contribution >= 4 is 7.25 Å². The molecule has 1 radical (unpaired) electrons. The molecule has 0 unspecified atom stereocenters. The first-order chi connectivity index (χ1) is 6.00. The van der Waals surface area contributed by atoms with Crippen molar-refractivity contribution < 1.29 is 38.8 Å². The average molecular weight is 388 g/mol. The summed E-state index contributed by atoms with van der Waals surface area (Å²) in [5.74, 6) is 0. The van der Waals surface area contributed by atoms with E-state index in [2.05, 4.69) is 24.3 Å². The third-order valence-corrected chi connectivity index (χ3v) is 1.37. The topological polar surface area (TPSA) is 0 Å². The minimum absolute atomic E-state index is 0. The maximum absolute atomic E-state index is 9.75. The molecular weight excluding hydrogens is 375 g/mol. The second-order valence-electron chi connectivity index (χ2n) is 2.64. The minimum Gasteiger partial charge on any atom is -0.418 e. The first-order valence-electron chi connectivity index (χ1n) is 4.19. The predicted octanol–water partition coefficient (Wildman–Crippen LogP) is 4.08. The molecule has 1 aliphatic rings. The summed E-state index contributed by atoms with van der Waals surface area (Å²) in [7, 11) is -6.00. The van der Waals surface area contributed by atoms with Crippen molar-refractivity contribution in [3.8, 4) is 0 Å². The van der Waals surface area contributed by atoms with E-state index in [0.717, 1.165) is 0 Å². The molecule has 0 bridgehead atoms. The molecule has 0 aromatic heterocycles. The van der Waals surface area contributed by atoms with Crippen LogP contribution in [0.2, 0.25) is 0 Å². The van der Waals surface area contributed by atoms with Gasteiger partial charge in [0.1, 0.15) is 0 Å². The molecule has 85 valence electrons. The Morgan fingerprint density at radius 3 is 1.43 bits per heavy atom. The molecule has 1 aliphatic carbocycles. The smallest absolute Gasteiger partial charge is 0.418 e. The van der Waals surface area contributed by atoms with E-state index in [-0.39, 0.29) is 21.5 Å². The SMILES string of the molecule is C1=CCCCCC=C1.F[B-](F)(F)F.[H+].[Ir]. The molecule has 6 heteroatoms. The largest absolute Gasteiger partial charge is 1.00 e. The van der Waals surface area contributed by atoms with Crippen molar-refractivity contribution in [2.45, 2.75) is 25.7 Å². The Morgan fingerprint density at radius 2 is 1.14 bits per heavy atom. The van der Waals surface area contributed by atoms with Crippen LogP contribution in [0.3, 0.4) is 0 Å². The Morgan fingerprint density at radius 1 is 0.857 bits per heavy atom. The van der Waals surface area contributed by atoms with Crippen molar-refractivity contribution in [2.75, 3.05) is 0 Å². The van der Waals surface area contributed by atoms with Gasteiger partial charge in [-0.3, -0.25) is 0 Å². The number of halogens is 4. The predicted molar refractivity (Wildman–Crippen MR) is 48.0 cm³/mol. The third-order valence-electron chi connectivity index (χ3n) is 1.37. The quantitative estimate of drug-likeness (QED) is 0.433. The summed E-state index contributed by atoms with van der Waals surface area (Å²) in [4.78, 5) is 0. The number of rotatable bonds is 0. The van der Waals surface area contributed by atoms with Gasteiger partial charge in [0.05, 0.1) is 0 Å². The molecular formula is C8H13BF4Ir. The first-order valence-corrected chi connectivity index (χ1v) is 4.19. The van der Waals surface area contributed by atoms with E-state index in [0.29, 0.717) is 0 Å². The Balaban J connectivity index is -0.000000185. The van der Waals surface area contributed by atoms with E-state index < -0.39 is 7.25 Å². The summed E-state index contributed by atoms with van der Waals surface area (Å²) in [6.45, 7) is 0. The second-order valence-corrected chi connectivity index (χ2v) is 2.64. The Kier molecular flexibility index (Phi) is 11.1. The van der Waals surface area contributed by atoms with Gasteiger partial charge in [0.15, 0.2) is 0 Å². The van der Waals surface area contributed by atoms with E-state index in [1.165, 1.54) is 25.7 Å². The third kappa shape index (κ3) is 22.7. The monoisotopic (exact) mass is 389 g/mol. The van der Waals surface area contributed by atoms with Gasteiger partial charge in [0.25, 0.3) is 0 Å². The average Bonchev–Trinajstić information content (AvgIpc) is 1.79. The van der Waals surface area contributed by atoms with Gasteiger partial charge in [0, 0.05) is 20.1 Å². The van der Waals surface area contributed by atoms with Gasteiger partial charge in [0.2, 0.25) is 0 Å². The molecule has 0 atom stereocenters. The zero-order valence-corrected chi connectivity index (χ0v) is 9.96. The van der Waals surface area contributed by atoms with Crippen molar-refractivity contribution in [3.05, 3.63) is 24.3 Å². The van der Waals surface area contributed by atoms with Gasteiger partial charge >= 0.3 is 8.68 Å². The van der Waals surface area contributed by atoms with Crippen LogP contribution in [0.4, 0.5) is 17.3 Å². The van der Waals surface area contributed by atoms with E-state index >= 15 is 0 Å². The van der Waals surface area contributed by atoms with Crippen LogP contribution in [0, 0.1) is 0 Å². The fourth-order valence-corrected chi connectivity index (χ4v) is 0.874. The Labute approximate surface area is 96.4 Å². The van der Waals surface area contributed by atoms with Gasteiger partial charge in [-0.2, -0.15) is 0 Å².